The molecule has 0 radical (unpaired) electrons. The zero-order valence-electron chi connectivity index (χ0n) is 15.9. The third-order valence-corrected chi connectivity index (χ3v) is 4.62. The van der Waals surface area contributed by atoms with E-state index in [1.807, 2.05) is 50.2 Å². The summed E-state index contributed by atoms with van der Waals surface area (Å²) >= 11 is 6.26. The molecule has 6 heteroatoms. The molecular formula is C22H20ClN3O2. The molecule has 0 fully saturated rings. The van der Waals surface area contributed by atoms with E-state index in [0.717, 1.165) is 16.8 Å². The molecule has 0 spiro atoms. The van der Waals surface area contributed by atoms with E-state index < -0.39 is 5.91 Å². The van der Waals surface area contributed by atoms with Crippen molar-refractivity contribution in [3.63, 3.8) is 0 Å². The average Bonchev–Trinajstić information content (AvgIpc) is 2.70. The highest BCUT2D eigenvalue weighted by Gasteiger charge is 2.18. The Morgan fingerprint density at radius 3 is 2.32 bits per heavy atom. The number of nitrogens with one attached hydrogen (secondary N) is 1. The number of rotatable bonds is 4. The molecule has 1 heterocycles. The minimum absolute atomic E-state index is 0.142. The number of para-hydroxylation sites is 1. The predicted octanol–water partition coefficient (Wildman–Crippen LogP) is 4.88. The van der Waals surface area contributed by atoms with Crippen LogP contribution in [0.15, 0.2) is 60.7 Å². The monoisotopic (exact) mass is 393 g/mol. The first-order chi connectivity index (χ1) is 13.4. The predicted molar refractivity (Wildman–Crippen MR) is 112 cm³/mol. The van der Waals surface area contributed by atoms with Crippen molar-refractivity contribution < 1.29 is 9.59 Å². The first-order valence-electron chi connectivity index (χ1n) is 8.75. The number of amides is 2. The van der Waals surface area contributed by atoms with E-state index in [4.69, 9.17) is 11.6 Å². The highest BCUT2D eigenvalue weighted by molar-refractivity contribution is 6.34. The molecule has 142 valence electrons. The molecule has 0 aliphatic heterocycles. The summed E-state index contributed by atoms with van der Waals surface area (Å²) in [4.78, 5) is 31.1. The lowest BCUT2D eigenvalue weighted by Crippen LogP contribution is -2.27. The van der Waals surface area contributed by atoms with Crippen LogP contribution in [0.3, 0.4) is 0 Å². The van der Waals surface area contributed by atoms with Gasteiger partial charge in [-0.3, -0.25) is 9.59 Å². The molecule has 2 amide bonds. The highest BCUT2D eigenvalue weighted by atomic mass is 35.5. The van der Waals surface area contributed by atoms with Gasteiger partial charge in [0.1, 0.15) is 11.4 Å². The quantitative estimate of drug-likeness (QED) is 0.687. The summed E-state index contributed by atoms with van der Waals surface area (Å²) in [5.41, 5.74) is 3.47. The summed E-state index contributed by atoms with van der Waals surface area (Å²) in [6.45, 7) is 3.81. The SMILES string of the molecule is Cc1cc(C)c(NC(=O)c2cccc(C(=O)N(C)c3ccccc3)n2)c(Cl)c1. The maximum Gasteiger partial charge on any atom is 0.276 e. The van der Waals surface area contributed by atoms with Gasteiger partial charge in [-0.15, -0.1) is 0 Å². The molecule has 0 saturated heterocycles. The van der Waals surface area contributed by atoms with Crippen molar-refractivity contribution in [2.45, 2.75) is 13.8 Å². The van der Waals surface area contributed by atoms with Crippen LogP contribution in [0.1, 0.15) is 32.1 Å². The Hall–Kier alpha value is -3.18. The molecule has 28 heavy (non-hydrogen) atoms. The minimum atomic E-state index is -0.425. The molecule has 1 aromatic heterocycles. The second-order valence-corrected chi connectivity index (χ2v) is 6.91. The standard InChI is InChI=1S/C22H20ClN3O2/c1-14-12-15(2)20(17(23)13-14)25-21(27)18-10-7-11-19(24-18)22(28)26(3)16-8-5-4-6-9-16/h4-13H,1-3H3,(H,25,27). The van der Waals surface area contributed by atoms with E-state index in [2.05, 4.69) is 10.3 Å². The molecule has 5 nitrogen and oxygen atoms in total. The third-order valence-electron chi connectivity index (χ3n) is 4.32. The van der Waals surface area contributed by atoms with Gasteiger partial charge in [-0.2, -0.15) is 0 Å². The Morgan fingerprint density at radius 2 is 1.64 bits per heavy atom. The average molecular weight is 394 g/mol. The normalized spacial score (nSPS) is 10.4. The van der Waals surface area contributed by atoms with Crippen molar-refractivity contribution in [1.29, 1.82) is 0 Å². The lowest BCUT2D eigenvalue weighted by Gasteiger charge is -2.17. The van der Waals surface area contributed by atoms with E-state index in [0.29, 0.717) is 10.7 Å². The molecule has 0 unspecified atom stereocenters. The summed E-state index contributed by atoms with van der Waals surface area (Å²) in [5.74, 6) is -0.726. The van der Waals surface area contributed by atoms with E-state index in [1.54, 1.807) is 31.3 Å². The number of halogens is 1. The van der Waals surface area contributed by atoms with Gasteiger partial charge in [0.05, 0.1) is 10.7 Å². The summed E-state index contributed by atoms with van der Waals surface area (Å²) in [6, 6.07) is 17.7. The molecule has 0 saturated carbocycles. The number of anilines is 2. The molecule has 0 aliphatic rings. The number of nitrogens with zero attached hydrogens (tertiary/aromatic N) is 2. The minimum Gasteiger partial charge on any atom is -0.319 e. The van der Waals surface area contributed by atoms with Gasteiger partial charge in [0.25, 0.3) is 11.8 Å². The molecular weight excluding hydrogens is 374 g/mol. The summed E-state index contributed by atoms with van der Waals surface area (Å²) in [6.07, 6.45) is 0. The van der Waals surface area contributed by atoms with Crippen LogP contribution in [0, 0.1) is 13.8 Å². The Morgan fingerprint density at radius 1 is 0.964 bits per heavy atom. The van der Waals surface area contributed by atoms with Crippen LogP contribution in [-0.4, -0.2) is 23.8 Å². The fourth-order valence-corrected chi connectivity index (χ4v) is 3.24. The van der Waals surface area contributed by atoms with Gasteiger partial charge in [-0.25, -0.2) is 4.98 Å². The topological polar surface area (TPSA) is 62.3 Å². The van der Waals surface area contributed by atoms with Gasteiger partial charge in [0.15, 0.2) is 0 Å². The number of aryl methyl sites for hydroxylation is 2. The van der Waals surface area contributed by atoms with Crippen LogP contribution in [0.4, 0.5) is 11.4 Å². The summed E-state index contributed by atoms with van der Waals surface area (Å²) < 4.78 is 0. The molecule has 0 aliphatic carbocycles. The van der Waals surface area contributed by atoms with Crippen LogP contribution in [0.25, 0.3) is 0 Å². The van der Waals surface area contributed by atoms with Crippen molar-refractivity contribution in [2.75, 3.05) is 17.3 Å². The number of carbonyl (C=O) groups excluding carboxylic acids is 2. The van der Waals surface area contributed by atoms with Crippen molar-refractivity contribution in [1.82, 2.24) is 4.98 Å². The third kappa shape index (κ3) is 4.21. The lowest BCUT2D eigenvalue weighted by molar-refractivity contribution is 0.0988. The lowest BCUT2D eigenvalue weighted by atomic mass is 10.1. The zero-order chi connectivity index (χ0) is 20.3. The fraction of sp³-hybridized carbons (Fsp3) is 0.136. The molecule has 0 atom stereocenters. The molecule has 3 aromatic rings. The number of carbonyl (C=O) groups is 2. The van der Waals surface area contributed by atoms with Crippen LogP contribution in [-0.2, 0) is 0 Å². The van der Waals surface area contributed by atoms with Crippen molar-refractivity contribution in [2.24, 2.45) is 0 Å². The maximum atomic E-state index is 12.7. The summed E-state index contributed by atoms with van der Waals surface area (Å²) in [5, 5.41) is 3.25. The number of pyridine rings is 1. The Bertz CT molecular complexity index is 1010. The van der Waals surface area contributed by atoms with Gasteiger partial charge < -0.3 is 10.2 Å². The smallest absolute Gasteiger partial charge is 0.276 e. The molecule has 1 N–H and O–H groups in total. The van der Waals surface area contributed by atoms with Crippen molar-refractivity contribution in [3.05, 3.63) is 88.2 Å². The number of hydrogen-bond acceptors (Lipinski definition) is 3. The molecule has 3 rings (SSSR count). The Balaban J connectivity index is 1.83. The van der Waals surface area contributed by atoms with Gasteiger partial charge in [0.2, 0.25) is 0 Å². The second-order valence-electron chi connectivity index (χ2n) is 6.50. The zero-order valence-corrected chi connectivity index (χ0v) is 16.6. The van der Waals surface area contributed by atoms with E-state index >= 15 is 0 Å². The van der Waals surface area contributed by atoms with Crippen molar-refractivity contribution >= 4 is 34.8 Å². The van der Waals surface area contributed by atoms with Gasteiger partial charge >= 0.3 is 0 Å². The Labute approximate surface area is 169 Å². The van der Waals surface area contributed by atoms with Crippen molar-refractivity contribution in [3.8, 4) is 0 Å². The maximum absolute atomic E-state index is 12.7. The summed E-state index contributed by atoms with van der Waals surface area (Å²) in [7, 11) is 1.67. The van der Waals surface area contributed by atoms with Gasteiger partial charge in [0, 0.05) is 12.7 Å². The van der Waals surface area contributed by atoms with Gasteiger partial charge in [-0.05, 0) is 55.3 Å². The number of aromatic nitrogens is 1. The largest absolute Gasteiger partial charge is 0.319 e. The van der Waals surface area contributed by atoms with Crippen LogP contribution < -0.4 is 10.2 Å². The molecule has 2 aromatic carbocycles. The van der Waals surface area contributed by atoms with Gasteiger partial charge in [-0.1, -0.05) is 41.9 Å². The number of hydrogen-bond donors (Lipinski definition) is 1. The van der Waals surface area contributed by atoms with E-state index in [9.17, 15) is 9.59 Å². The Kier molecular flexibility index (Phi) is 5.76. The fourth-order valence-electron chi connectivity index (χ4n) is 2.87. The van der Waals surface area contributed by atoms with Crippen LogP contribution in [0.5, 0.6) is 0 Å². The van der Waals surface area contributed by atoms with Crippen LogP contribution >= 0.6 is 11.6 Å². The first-order valence-corrected chi connectivity index (χ1v) is 9.13. The molecule has 0 bridgehead atoms. The highest BCUT2D eigenvalue weighted by Crippen LogP contribution is 2.27. The first kappa shape index (κ1) is 19.6. The number of benzene rings is 2. The van der Waals surface area contributed by atoms with Crippen LogP contribution in [0.2, 0.25) is 5.02 Å². The second kappa shape index (κ2) is 8.23. The van der Waals surface area contributed by atoms with E-state index in [1.165, 1.54) is 4.90 Å². The van der Waals surface area contributed by atoms with E-state index in [-0.39, 0.29) is 17.3 Å².